The first-order chi connectivity index (χ1) is 13.8. The molecule has 138 valence electrons. The molecule has 0 unspecified atom stereocenters. The molecule has 1 aliphatic rings. The maximum atomic E-state index is 13.0. The molecule has 1 aliphatic heterocycles. The molecule has 0 saturated carbocycles. The summed E-state index contributed by atoms with van der Waals surface area (Å²) in [6.45, 7) is 1.01. The van der Waals surface area contributed by atoms with E-state index in [0.29, 0.717) is 5.69 Å². The second-order valence-corrected chi connectivity index (χ2v) is 7.07. The van der Waals surface area contributed by atoms with Crippen molar-refractivity contribution in [2.24, 2.45) is 0 Å². The highest BCUT2D eigenvalue weighted by atomic mass is 16.1. The number of amides is 1. The third kappa shape index (κ3) is 2.95. The van der Waals surface area contributed by atoms with Crippen LogP contribution in [0.1, 0.15) is 29.2 Å². The molecular weight excluding hydrogens is 348 g/mol. The molecule has 0 bridgehead atoms. The van der Waals surface area contributed by atoms with Gasteiger partial charge in [0.25, 0.3) is 5.91 Å². The summed E-state index contributed by atoms with van der Waals surface area (Å²) >= 11 is 0. The molecule has 1 N–H and O–H groups in total. The number of anilines is 1. The standard InChI is InChI=1S/C23H20N4O/c28-23(22-17-8-2-1-7-16(17)12-13-24-22)26-19-10-4-3-9-18(19)20-15-27-14-6-5-11-21(27)25-20/h1-4,7-10,12-13,15H,5-6,11,14H2,(H,26,28). The number of rotatable bonds is 3. The molecule has 2 aromatic carbocycles. The van der Waals surface area contributed by atoms with Gasteiger partial charge in [-0.3, -0.25) is 9.78 Å². The van der Waals surface area contributed by atoms with Crippen LogP contribution in [0, 0.1) is 0 Å². The molecule has 28 heavy (non-hydrogen) atoms. The van der Waals surface area contributed by atoms with Gasteiger partial charge in [0.05, 0.1) is 11.4 Å². The van der Waals surface area contributed by atoms with Crippen LogP contribution in [-0.4, -0.2) is 20.4 Å². The summed E-state index contributed by atoms with van der Waals surface area (Å²) < 4.78 is 2.23. The molecule has 5 heteroatoms. The van der Waals surface area contributed by atoms with Gasteiger partial charge in [-0.1, -0.05) is 42.5 Å². The fourth-order valence-electron chi connectivity index (χ4n) is 3.84. The average molecular weight is 368 g/mol. The van der Waals surface area contributed by atoms with E-state index >= 15 is 0 Å². The van der Waals surface area contributed by atoms with E-state index in [2.05, 4.69) is 21.1 Å². The first kappa shape index (κ1) is 16.7. The molecule has 0 spiro atoms. The Morgan fingerprint density at radius 2 is 1.86 bits per heavy atom. The normalized spacial score (nSPS) is 13.3. The van der Waals surface area contributed by atoms with Crippen LogP contribution in [-0.2, 0) is 13.0 Å². The van der Waals surface area contributed by atoms with Crippen LogP contribution in [0.4, 0.5) is 5.69 Å². The van der Waals surface area contributed by atoms with E-state index in [1.807, 2.05) is 54.6 Å². The van der Waals surface area contributed by atoms with E-state index in [-0.39, 0.29) is 5.91 Å². The Kier molecular flexibility index (Phi) is 4.13. The number of hydrogen-bond acceptors (Lipinski definition) is 3. The zero-order valence-corrected chi connectivity index (χ0v) is 15.4. The largest absolute Gasteiger partial charge is 0.334 e. The maximum Gasteiger partial charge on any atom is 0.274 e. The molecule has 0 saturated heterocycles. The summed E-state index contributed by atoms with van der Waals surface area (Å²) in [4.78, 5) is 22.1. The van der Waals surface area contributed by atoms with E-state index < -0.39 is 0 Å². The Morgan fingerprint density at radius 1 is 1.00 bits per heavy atom. The van der Waals surface area contributed by atoms with Crippen LogP contribution in [0.15, 0.2) is 67.0 Å². The second-order valence-electron chi connectivity index (χ2n) is 7.07. The second kappa shape index (κ2) is 6.93. The molecule has 0 aliphatic carbocycles. The van der Waals surface area contributed by atoms with Gasteiger partial charge in [0.15, 0.2) is 0 Å². The number of fused-ring (bicyclic) bond motifs is 2. The Labute approximate surface area is 163 Å². The highest BCUT2D eigenvalue weighted by Gasteiger charge is 2.17. The lowest BCUT2D eigenvalue weighted by atomic mass is 10.1. The molecule has 2 aromatic heterocycles. The SMILES string of the molecule is O=C(Nc1ccccc1-c1cn2c(n1)CCCC2)c1nccc2ccccc12. The smallest absolute Gasteiger partial charge is 0.274 e. The molecule has 3 heterocycles. The van der Waals surface area contributed by atoms with Crippen molar-refractivity contribution in [3.63, 3.8) is 0 Å². The number of pyridine rings is 1. The molecule has 0 fully saturated rings. The molecule has 1 amide bonds. The van der Waals surface area contributed by atoms with Gasteiger partial charge in [-0.2, -0.15) is 0 Å². The Morgan fingerprint density at radius 3 is 2.79 bits per heavy atom. The van der Waals surface area contributed by atoms with Crippen molar-refractivity contribution in [2.75, 3.05) is 5.32 Å². The minimum atomic E-state index is -0.215. The number of para-hydroxylation sites is 1. The lowest BCUT2D eigenvalue weighted by Gasteiger charge is -2.11. The van der Waals surface area contributed by atoms with Gasteiger partial charge in [-0.25, -0.2) is 4.98 Å². The quantitative estimate of drug-likeness (QED) is 0.571. The number of benzene rings is 2. The highest BCUT2D eigenvalue weighted by molar-refractivity contribution is 6.12. The van der Waals surface area contributed by atoms with Crippen molar-refractivity contribution in [3.05, 3.63) is 78.5 Å². The highest BCUT2D eigenvalue weighted by Crippen LogP contribution is 2.29. The number of aryl methyl sites for hydroxylation is 2. The number of nitrogens with one attached hydrogen (secondary N) is 1. The van der Waals surface area contributed by atoms with Crippen molar-refractivity contribution >= 4 is 22.4 Å². The summed E-state index contributed by atoms with van der Waals surface area (Å²) in [5, 5.41) is 4.89. The lowest BCUT2D eigenvalue weighted by Crippen LogP contribution is -2.14. The Balaban J connectivity index is 1.51. The molecule has 0 atom stereocenters. The van der Waals surface area contributed by atoms with Gasteiger partial charge < -0.3 is 9.88 Å². The van der Waals surface area contributed by atoms with E-state index in [0.717, 1.165) is 46.5 Å². The minimum Gasteiger partial charge on any atom is -0.334 e. The third-order valence-corrected chi connectivity index (χ3v) is 5.25. The van der Waals surface area contributed by atoms with Crippen LogP contribution >= 0.6 is 0 Å². The van der Waals surface area contributed by atoms with Crippen molar-refractivity contribution in [2.45, 2.75) is 25.8 Å². The number of aromatic nitrogens is 3. The topological polar surface area (TPSA) is 59.8 Å². The van der Waals surface area contributed by atoms with Gasteiger partial charge in [-0.15, -0.1) is 0 Å². The van der Waals surface area contributed by atoms with Gasteiger partial charge in [0, 0.05) is 36.3 Å². The van der Waals surface area contributed by atoms with E-state index in [1.165, 1.54) is 12.8 Å². The van der Waals surface area contributed by atoms with Crippen LogP contribution in [0.5, 0.6) is 0 Å². The lowest BCUT2D eigenvalue weighted by molar-refractivity contribution is 0.102. The molecule has 5 nitrogen and oxygen atoms in total. The van der Waals surface area contributed by atoms with Gasteiger partial charge >= 0.3 is 0 Å². The van der Waals surface area contributed by atoms with Crippen molar-refractivity contribution in [1.82, 2.24) is 14.5 Å². The van der Waals surface area contributed by atoms with Crippen LogP contribution in [0.2, 0.25) is 0 Å². The van der Waals surface area contributed by atoms with Crippen LogP contribution in [0.25, 0.3) is 22.0 Å². The van der Waals surface area contributed by atoms with Crippen molar-refractivity contribution in [1.29, 1.82) is 0 Å². The van der Waals surface area contributed by atoms with Crippen LogP contribution in [0.3, 0.4) is 0 Å². The predicted molar refractivity (Wildman–Crippen MR) is 110 cm³/mol. The number of nitrogens with zero attached hydrogens (tertiary/aromatic N) is 3. The van der Waals surface area contributed by atoms with Gasteiger partial charge in [0.1, 0.15) is 11.5 Å². The molecule has 4 aromatic rings. The predicted octanol–water partition coefficient (Wildman–Crippen LogP) is 4.69. The summed E-state index contributed by atoms with van der Waals surface area (Å²) in [7, 11) is 0. The summed E-state index contributed by atoms with van der Waals surface area (Å²) in [5.41, 5.74) is 3.01. The molecule has 0 radical (unpaired) electrons. The number of imidazole rings is 1. The van der Waals surface area contributed by atoms with Crippen molar-refractivity contribution < 1.29 is 4.79 Å². The number of carbonyl (C=O) groups is 1. The molecular formula is C23H20N4O. The van der Waals surface area contributed by atoms with E-state index in [1.54, 1.807) is 6.20 Å². The first-order valence-corrected chi connectivity index (χ1v) is 9.60. The fourth-order valence-corrected chi connectivity index (χ4v) is 3.84. The maximum absolute atomic E-state index is 13.0. The summed E-state index contributed by atoms with van der Waals surface area (Å²) in [6, 6.07) is 17.5. The van der Waals surface area contributed by atoms with Crippen molar-refractivity contribution in [3.8, 4) is 11.3 Å². The molecule has 5 rings (SSSR count). The zero-order chi connectivity index (χ0) is 18.9. The summed E-state index contributed by atoms with van der Waals surface area (Å²) in [5.74, 6) is 0.909. The fraction of sp³-hybridized carbons (Fsp3) is 0.174. The Hall–Kier alpha value is -3.47. The average Bonchev–Trinajstić information content (AvgIpc) is 3.18. The van der Waals surface area contributed by atoms with Crippen LogP contribution < -0.4 is 5.32 Å². The van der Waals surface area contributed by atoms with E-state index in [4.69, 9.17) is 4.98 Å². The Bertz CT molecular complexity index is 1150. The monoisotopic (exact) mass is 368 g/mol. The minimum absolute atomic E-state index is 0.215. The number of carbonyl (C=O) groups excluding carboxylic acids is 1. The van der Waals surface area contributed by atoms with Gasteiger partial charge in [0.2, 0.25) is 0 Å². The van der Waals surface area contributed by atoms with E-state index in [9.17, 15) is 4.79 Å². The third-order valence-electron chi connectivity index (χ3n) is 5.25. The first-order valence-electron chi connectivity index (χ1n) is 9.60. The zero-order valence-electron chi connectivity index (χ0n) is 15.4. The van der Waals surface area contributed by atoms with Gasteiger partial charge in [-0.05, 0) is 30.4 Å². The summed E-state index contributed by atoms with van der Waals surface area (Å²) in [6.07, 6.45) is 7.15. The number of hydrogen-bond donors (Lipinski definition) is 1.